The van der Waals surface area contributed by atoms with Gasteiger partial charge in [0.25, 0.3) is 11.7 Å². The fraction of sp³-hybridized carbons (Fsp3) is 0.360. The summed E-state index contributed by atoms with van der Waals surface area (Å²) in [4.78, 5) is 29.4. The van der Waals surface area contributed by atoms with E-state index in [2.05, 4.69) is 4.90 Å². The Hall–Kier alpha value is -3.19. The number of likely N-dealkylation sites (N-methyl/N-ethyl adjacent to an activating group) is 1. The van der Waals surface area contributed by atoms with E-state index in [4.69, 9.17) is 4.74 Å². The maximum absolute atomic E-state index is 14.8. The van der Waals surface area contributed by atoms with E-state index in [1.54, 1.807) is 42.5 Å². The third kappa shape index (κ3) is 4.67. The number of benzene rings is 2. The first-order valence-corrected chi connectivity index (χ1v) is 10.9. The van der Waals surface area contributed by atoms with Gasteiger partial charge in [-0.3, -0.25) is 9.59 Å². The van der Waals surface area contributed by atoms with Crippen LogP contribution in [0, 0.1) is 5.82 Å². The number of ether oxygens (including phenoxy) is 1. The highest BCUT2D eigenvalue weighted by atomic mass is 19.1. The smallest absolute Gasteiger partial charge is 0.295 e. The van der Waals surface area contributed by atoms with Crippen molar-refractivity contribution in [3.05, 3.63) is 71.0 Å². The molecule has 32 heavy (non-hydrogen) atoms. The number of ketones is 1. The maximum atomic E-state index is 14.8. The lowest BCUT2D eigenvalue weighted by molar-refractivity contribution is -0.140. The second kappa shape index (κ2) is 10.4. The largest absolute Gasteiger partial charge is 0.507 e. The number of carbonyl (C=O) groups is 2. The number of aliphatic hydroxyl groups excluding tert-OH is 1. The predicted molar refractivity (Wildman–Crippen MR) is 121 cm³/mol. The topological polar surface area (TPSA) is 70.1 Å². The fourth-order valence-electron chi connectivity index (χ4n) is 3.95. The Kier molecular flexibility index (Phi) is 7.64. The lowest BCUT2D eigenvalue weighted by Crippen LogP contribution is -2.38. The van der Waals surface area contributed by atoms with Crippen molar-refractivity contribution in [2.45, 2.75) is 26.8 Å². The molecule has 170 valence electrons. The first kappa shape index (κ1) is 23.5. The molecule has 6 nitrogen and oxygen atoms in total. The van der Waals surface area contributed by atoms with Crippen LogP contribution in [0.1, 0.15) is 37.9 Å². The van der Waals surface area contributed by atoms with Gasteiger partial charge in [-0.1, -0.05) is 32.0 Å². The molecule has 2 aromatic rings. The summed E-state index contributed by atoms with van der Waals surface area (Å²) in [7, 11) is 0. The molecule has 1 saturated heterocycles. The van der Waals surface area contributed by atoms with Crippen LogP contribution in [0.15, 0.2) is 54.1 Å². The Labute approximate surface area is 187 Å². The molecule has 1 aliphatic rings. The highest BCUT2D eigenvalue weighted by Crippen LogP contribution is 2.40. The van der Waals surface area contributed by atoms with Gasteiger partial charge in [-0.05, 0) is 50.3 Å². The van der Waals surface area contributed by atoms with Crippen molar-refractivity contribution in [3.63, 3.8) is 0 Å². The number of hydrogen-bond donors (Lipinski definition) is 1. The minimum absolute atomic E-state index is 0.108. The summed E-state index contributed by atoms with van der Waals surface area (Å²) < 4.78 is 20.2. The van der Waals surface area contributed by atoms with Crippen LogP contribution in [0.4, 0.5) is 4.39 Å². The Morgan fingerprint density at radius 2 is 1.72 bits per heavy atom. The SMILES string of the molecule is CCOc1ccc(/C(O)=C2\C(=O)C(=O)N(CCN(CC)CC)[C@H]2c2ccccc2F)cc1. The Bertz CT molecular complexity index is 999. The van der Waals surface area contributed by atoms with Crippen LogP contribution in [0.25, 0.3) is 5.76 Å². The number of carbonyl (C=O) groups excluding carboxylic acids is 2. The number of aliphatic hydroxyl groups is 1. The molecule has 0 bridgehead atoms. The molecule has 1 amide bonds. The maximum Gasteiger partial charge on any atom is 0.295 e. The van der Waals surface area contributed by atoms with E-state index in [-0.39, 0.29) is 23.4 Å². The molecule has 0 saturated carbocycles. The molecule has 1 heterocycles. The summed E-state index contributed by atoms with van der Waals surface area (Å²) in [6, 6.07) is 11.6. The minimum atomic E-state index is -1.00. The zero-order valence-electron chi connectivity index (χ0n) is 18.7. The second-order valence-electron chi connectivity index (χ2n) is 7.50. The van der Waals surface area contributed by atoms with E-state index >= 15 is 0 Å². The van der Waals surface area contributed by atoms with E-state index in [1.165, 1.54) is 11.0 Å². The van der Waals surface area contributed by atoms with E-state index in [0.717, 1.165) is 13.1 Å². The molecule has 3 rings (SSSR count). The first-order chi connectivity index (χ1) is 15.4. The molecule has 1 N–H and O–H groups in total. The van der Waals surface area contributed by atoms with Gasteiger partial charge in [0.15, 0.2) is 0 Å². The van der Waals surface area contributed by atoms with Crippen LogP contribution < -0.4 is 4.74 Å². The van der Waals surface area contributed by atoms with Crippen molar-refractivity contribution in [2.24, 2.45) is 0 Å². The lowest BCUT2D eigenvalue weighted by Gasteiger charge is -2.28. The summed E-state index contributed by atoms with van der Waals surface area (Å²) in [6.07, 6.45) is 0. The van der Waals surface area contributed by atoms with Gasteiger partial charge in [-0.15, -0.1) is 0 Å². The van der Waals surface area contributed by atoms with E-state index in [0.29, 0.717) is 24.5 Å². The van der Waals surface area contributed by atoms with Gasteiger partial charge >= 0.3 is 0 Å². The Balaban J connectivity index is 2.08. The fourth-order valence-corrected chi connectivity index (χ4v) is 3.95. The zero-order chi connectivity index (χ0) is 23.3. The average Bonchev–Trinajstić information content (AvgIpc) is 3.05. The first-order valence-electron chi connectivity index (χ1n) is 10.9. The monoisotopic (exact) mass is 440 g/mol. The number of halogens is 1. The quantitative estimate of drug-likeness (QED) is 0.363. The van der Waals surface area contributed by atoms with Crippen LogP contribution in [0.5, 0.6) is 5.75 Å². The normalized spacial score (nSPS) is 17.9. The molecule has 1 atom stereocenters. The molecule has 1 fully saturated rings. The van der Waals surface area contributed by atoms with Crippen LogP contribution in [0.3, 0.4) is 0 Å². The summed E-state index contributed by atoms with van der Waals surface area (Å²) in [5.41, 5.74) is 0.430. The van der Waals surface area contributed by atoms with Crippen LogP contribution >= 0.6 is 0 Å². The van der Waals surface area contributed by atoms with E-state index in [1.807, 2.05) is 20.8 Å². The summed E-state index contributed by atoms with van der Waals surface area (Å²) in [5, 5.41) is 11.0. The molecule has 0 spiro atoms. The molecule has 0 aromatic heterocycles. The lowest BCUT2D eigenvalue weighted by atomic mass is 9.95. The van der Waals surface area contributed by atoms with Crippen molar-refractivity contribution in [3.8, 4) is 5.75 Å². The van der Waals surface area contributed by atoms with Crippen molar-refractivity contribution < 1.29 is 23.8 Å². The predicted octanol–water partition coefficient (Wildman–Crippen LogP) is 3.99. The van der Waals surface area contributed by atoms with Crippen molar-refractivity contribution >= 4 is 17.4 Å². The van der Waals surface area contributed by atoms with Gasteiger partial charge < -0.3 is 19.6 Å². The molecule has 0 unspecified atom stereocenters. The van der Waals surface area contributed by atoms with E-state index < -0.39 is 23.5 Å². The molecular formula is C25H29FN2O4. The van der Waals surface area contributed by atoms with Gasteiger partial charge in [-0.25, -0.2) is 4.39 Å². The standard InChI is InChI=1S/C25H29FN2O4/c1-4-27(5-2)15-16-28-22(19-9-7-8-10-20(19)26)21(24(30)25(28)31)23(29)17-11-13-18(14-12-17)32-6-3/h7-14,22,29H,4-6,15-16H2,1-3H3/b23-21+/t22-/m0/s1. The van der Waals surface area contributed by atoms with Gasteiger partial charge in [-0.2, -0.15) is 0 Å². The van der Waals surface area contributed by atoms with Crippen molar-refractivity contribution in [1.82, 2.24) is 9.80 Å². The van der Waals surface area contributed by atoms with Crippen LogP contribution in [-0.2, 0) is 9.59 Å². The van der Waals surface area contributed by atoms with Crippen LogP contribution in [-0.4, -0.2) is 59.4 Å². The third-order valence-corrected chi connectivity index (χ3v) is 5.73. The summed E-state index contributed by atoms with van der Waals surface area (Å²) >= 11 is 0. The van der Waals surface area contributed by atoms with Crippen molar-refractivity contribution in [2.75, 3.05) is 32.8 Å². The number of nitrogens with zero attached hydrogens (tertiary/aromatic N) is 2. The Morgan fingerprint density at radius 1 is 1.06 bits per heavy atom. The molecule has 0 radical (unpaired) electrons. The van der Waals surface area contributed by atoms with Gasteiger partial charge in [0.2, 0.25) is 0 Å². The minimum Gasteiger partial charge on any atom is -0.507 e. The Morgan fingerprint density at radius 3 is 2.31 bits per heavy atom. The van der Waals surface area contributed by atoms with E-state index in [9.17, 15) is 19.1 Å². The number of rotatable bonds is 9. The molecular weight excluding hydrogens is 411 g/mol. The number of hydrogen-bond acceptors (Lipinski definition) is 5. The highest BCUT2D eigenvalue weighted by molar-refractivity contribution is 6.46. The van der Waals surface area contributed by atoms with Gasteiger partial charge in [0.05, 0.1) is 18.2 Å². The second-order valence-corrected chi connectivity index (χ2v) is 7.50. The summed E-state index contributed by atoms with van der Waals surface area (Å²) in [6.45, 7) is 8.74. The van der Waals surface area contributed by atoms with Gasteiger partial charge in [0.1, 0.15) is 17.3 Å². The number of amides is 1. The number of likely N-dealkylation sites (tertiary alicyclic amines) is 1. The molecule has 7 heteroatoms. The third-order valence-electron chi connectivity index (χ3n) is 5.73. The molecule has 2 aromatic carbocycles. The highest BCUT2D eigenvalue weighted by Gasteiger charge is 2.46. The van der Waals surface area contributed by atoms with Crippen molar-refractivity contribution in [1.29, 1.82) is 0 Å². The average molecular weight is 441 g/mol. The molecule has 0 aliphatic carbocycles. The molecule has 1 aliphatic heterocycles. The number of Topliss-reactive ketones (excluding diaryl/α,β-unsaturated/α-hetero) is 1. The summed E-state index contributed by atoms with van der Waals surface area (Å²) in [5.74, 6) is -1.80. The van der Waals surface area contributed by atoms with Gasteiger partial charge in [0, 0.05) is 24.2 Å². The zero-order valence-corrected chi connectivity index (χ0v) is 18.7. The van der Waals surface area contributed by atoms with Crippen LogP contribution in [0.2, 0.25) is 0 Å².